The molecular weight excluding hydrogens is 182 g/mol. The Kier molecular flexibility index (Phi) is 3.71. The minimum atomic E-state index is 0.213. The molecule has 0 amide bonds. The smallest absolute Gasteiger partial charge is 0.0182 e. The van der Waals surface area contributed by atoms with Gasteiger partial charge in [-0.05, 0) is 37.5 Å². The third-order valence-corrected chi connectivity index (χ3v) is 4.78. The van der Waals surface area contributed by atoms with Crippen molar-refractivity contribution in [2.24, 2.45) is 17.6 Å². The third kappa shape index (κ3) is 2.75. The van der Waals surface area contributed by atoms with Gasteiger partial charge in [-0.25, -0.2) is 0 Å². The van der Waals surface area contributed by atoms with Crippen LogP contribution >= 0.6 is 0 Å². The minimum Gasteiger partial charge on any atom is -0.325 e. The van der Waals surface area contributed by atoms with Crippen molar-refractivity contribution in [3.05, 3.63) is 0 Å². The Morgan fingerprint density at radius 2 is 1.60 bits per heavy atom. The molecule has 0 heterocycles. The van der Waals surface area contributed by atoms with E-state index in [9.17, 15) is 0 Å². The van der Waals surface area contributed by atoms with Gasteiger partial charge in [-0.2, -0.15) is 0 Å². The van der Waals surface area contributed by atoms with Crippen molar-refractivity contribution in [3.63, 3.8) is 0 Å². The highest BCUT2D eigenvalue weighted by Gasteiger charge is 2.36. The normalized spacial score (nSPS) is 37.2. The largest absolute Gasteiger partial charge is 0.325 e. The average Bonchev–Trinajstić information content (AvgIpc) is 2.44. The van der Waals surface area contributed by atoms with Crippen molar-refractivity contribution in [1.82, 2.24) is 0 Å². The molecule has 0 radical (unpaired) electrons. The van der Waals surface area contributed by atoms with Gasteiger partial charge in [0.25, 0.3) is 0 Å². The Morgan fingerprint density at radius 3 is 2.20 bits per heavy atom. The van der Waals surface area contributed by atoms with Crippen molar-refractivity contribution in [2.75, 3.05) is 0 Å². The lowest BCUT2D eigenvalue weighted by Gasteiger charge is -2.41. The molecule has 2 N–H and O–H groups in total. The maximum absolute atomic E-state index is 6.70. The zero-order chi connectivity index (χ0) is 10.7. The summed E-state index contributed by atoms with van der Waals surface area (Å²) in [6.07, 6.45) is 13.8. The summed E-state index contributed by atoms with van der Waals surface area (Å²) in [5.41, 5.74) is 6.91. The average molecular weight is 209 g/mol. The molecule has 0 saturated heterocycles. The Morgan fingerprint density at radius 1 is 0.933 bits per heavy atom. The second-order valence-electron chi connectivity index (χ2n) is 6.12. The fourth-order valence-corrected chi connectivity index (χ4v) is 3.75. The van der Waals surface area contributed by atoms with Crippen LogP contribution in [-0.4, -0.2) is 5.54 Å². The molecule has 0 aromatic carbocycles. The molecule has 88 valence electrons. The van der Waals surface area contributed by atoms with Gasteiger partial charge in [0, 0.05) is 5.54 Å². The van der Waals surface area contributed by atoms with Gasteiger partial charge in [-0.3, -0.25) is 0 Å². The Balaban J connectivity index is 1.98. The molecule has 1 heteroatoms. The summed E-state index contributed by atoms with van der Waals surface area (Å²) in [6.45, 7) is 2.41. The molecule has 2 rings (SSSR count). The lowest BCUT2D eigenvalue weighted by atomic mass is 9.69. The van der Waals surface area contributed by atoms with Gasteiger partial charge in [0.2, 0.25) is 0 Å². The first-order valence-electron chi connectivity index (χ1n) is 6.99. The molecular formula is C14H27N. The topological polar surface area (TPSA) is 26.0 Å². The number of hydrogen-bond donors (Lipinski definition) is 1. The SMILES string of the molecule is CC1CCCC(C2(N)CCCCCC2)C1. The molecule has 1 nitrogen and oxygen atoms in total. The van der Waals surface area contributed by atoms with Crippen LogP contribution in [0.25, 0.3) is 0 Å². The van der Waals surface area contributed by atoms with E-state index in [-0.39, 0.29) is 5.54 Å². The Bertz CT molecular complexity index is 192. The Hall–Kier alpha value is -0.0400. The van der Waals surface area contributed by atoms with Crippen molar-refractivity contribution in [2.45, 2.75) is 76.7 Å². The van der Waals surface area contributed by atoms with E-state index < -0.39 is 0 Å². The summed E-state index contributed by atoms with van der Waals surface area (Å²) in [5.74, 6) is 1.76. The highest BCUT2D eigenvalue weighted by Crippen LogP contribution is 2.40. The van der Waals surface area contributed by atoms with Gasteiger partial charge in [0.15, 0.2) is 0 Å². The molecule has 0 aromatic heterocycles. The summed E-state index contributed by atoms with van der Waals surface area (Å²) in [5, 5.41) is 0. The first kappa shape index (κ1) is 11.4. The van der Waals surface area contributed by atoms with Crippen LogP contribution in [0.5, 0.6) is 0 Å². The lowest BCUT2D eigenvalue weighted by molar-refractivity contribution is 0.154. The van der Waals surface area contributed by atoms with Gasteiger partial charge in [-0.1, -0.05) is 45.4 Å². The second kappa shape index (κ2) is 4.86. The van der Waals surface area contributed by atoms with Crippen molar-refractivity contribution < 1.29 is 0 Å². The first-order valence-corrected chi connectivity index (χ1v) is 6.99. The molecule has 2 unspecified atom stereocenters. The molecule has 2 aliphatic carbocycles. The Labute approximate surface area is 94.8 Å². The molecule has 0 aromatic rings. The van der Waals surface area contributed by atoms with Crippen LogP contribution in [0.1, 0.15) is 71.1 Å². The molecule has 2 aliphatic rings. The molecule has 0 spiro atoms. The van der Waals surface area contributed by atoms with Crippen LogP contribution < -0.4 is 5.73 Å². The molecule has 0 bridgehead atoms. The van der Waals surface area contributed by atoms with Crippen LogP contribution in [0.3, 0.4) is 0 Å². The van der Waals surface area contributed by atoms with Crippen LogP contribution in [0, 0.1) is 11.8 Å². The van der Waals surface area contributed by atoms with Gasteiger partial charge in [0.1, 0.15) is 0 Å². The highest BCUT2D eigenvalue weighted by atomic mass is 14.8. The summed E-state index contributed by atoms with van der Waals surface area (Å²) in [6, 6.07) is 0. The van der Waals surface area contributed by atoms with Gasteiger partial charge >= 0.3 is 0 Å². The fraction of sp³-hybridized carbons (Fsp3) is 1.00. The van der Waals surface area contributed by atoms with E-state index in [0.717, 1.165) is 11.8 Å². The second-order valence-corrected chi connectivity index (χ2v) is 6.12. The molecule has 2 atom stereocenters. The van der Waals surface area contributed by atoms with Crippen LogP contribution in [0.2, 0.25) is 0 Å². The summed E-state index contributed by atoms with van der Waals surface area (Å²) < 4.78 is 0. The zero-order valence-electron chi connectivity index (χ0n) is 10.3. The first-order chi connectivity index (χ1) is 7.21. The van der Waals surface area contributed by atoms with Crippen LogP contribution in [0.15, 0.2) is 0 Å². The predicted octanol–water partition coefficient (Wildman–Crippen LogP) is 3.86. The van der Waals surface area contributed by atoms with E-state index in [2.05, 4.69) is 6.92 Å². The number of nitrogens with two attached hydrogens (primary N) is 1. The molecule has 2 fully saturated rings. The standard InChI is InChI=1S/C14H27N/c1-12-7-6-8-13(11-12)14(15)9-4-2-3-5-10-14/h12-13H,2-11,15H2,1H3. The summed E-state index contributed by atoms with van der Waals surface area (Å²) in [7, 11) is 0. The lowest BCUT2D eigenvalue weighted by Crippen LogP contribution is -2.48. The number of rotatable bonds is 1. The van der Waals surface area contributed by atoms with Crippen molar-refractivity contribution >= 4 is 0 Å². The van der Waals surface area contributed by atoms with E-state index in [1.54, 1.807) is 0 Å². The monoisotopic (exact) mass is 209 g/mol. The van der Waals surface area contributed by atoms with Gasteiger partial charge in [0.05, 0.1) is 0 Å². The van der Waals surface area contributed by atoms with Crippen LogP contribution in [-0.2, 0) is 0 Å². The van der Waals surface area contributed by atoms with E-state index >= 15 is 0 Å². The highest BCUT2D eigenvalue weighted by molar-refractivity contribution is 4.94. The predicted molar refractivity (Wildman–Crippen MR) is 65.7 cm³/mol. The molecule has 15 heavy (non-hydrogen) atoms. The van der Waals surface area contributed by atoms with Gasteiger partial charge in [-0.15, -0.1) is 0 Å². The minimum absolute atomic E-state index is 0.213. The number of hydrogen-bond acceptors (Lipinski definition) is 1. The van der Waals surface area contributed by atoms with Crippen molar-refractivity contribution in [1.29, 1.82) is 0 Å². The summed E-state index contributed by atoms with van der Waals surface area (Å²) in [4.78, 5) is 0. The van der Waals surface area contributed by atoms with Gasteiger partial charge < -0.3 is 5.73 Å². The maximum atomic E-state index is 6.70. The molecule has 0 aliphatic heterocycles. The summed E-state index contributed by atoms with van der Waals surface area (Å²) >= 11 is 0. The molecule has 2 saturated carbocycles. The van der Waals surface area contributed by atoms with E-state index in [0.29, 0.717) is 0 Å². The van der Waals surface area contributed by atoms with Crippen molar-refractivity contribution in [3.8, 4) is 0 Å². The van der Waals surface area contributed by atoms with E-state index in [4.69, 9.17) is 5.73 Å². The van der Waals surface area contributed by atoms with E-state index in [1.807, 2.05) is 0 Å². The zero-order valence-corrected chi connectivity index (χ0v) is 10.3. The van der Waals surface area contributed by atoms with E-state index in [1.165, 1.54) is 64.2 Å². The quantitative estimate of drug-likeness (QED) is 0.652. The fourth-order valence-electron chi connectivity index (χ4n) is 3.75. The van der Waals surface area contributed by atoms with Crippen LogP contribution in [0.4, 0.5) is 0 Å². The maximum Gasteiger partial charge on any atom is 0.0182 e. The third-order valence-electron chi connectivity index (χ3n) is 4.78.